The zero-order chi connectivity index (χ0) is 8.72. The van der Waals surface area contributed by atoms with E-state index in [1.54, 1.807) is 11.8 Å². The van der Waals surface area contributed by atoms with E-state index < -0.39 is 18.5 Å². The average Bonchev–Trinajstić information content (AvgIpc) is 2.31. The van der Waals surface area contributed by atoms with E-state index in [0.717, 1.165) is 5.75 Å². The highest BCUT2D eigenvalue weighted by Gasteiger charge is 2.49. The monoisotopic (exact) mass is 192 g/mol. The first-order valence-corrected chi connectivity index (χ1v) is 4.95. The van der Waals surface area contributed by atoms with Gasteiger partial charge < -0.3 is 19.7 Å². The van der Waals surface area contributed by atoms with E-state index in [0.29, 0.717) is 0 Å². The van der Waals surface area contributed by atoms with Gasteiger partial charge in [0.1, 0.15) is 6.10 Å². The second kappa shape index (κ2) is 3.16. The van der Waals surface area contributed by atoms with Crippen LogP contribution in [-0.2, 0) is 9.47 Å². The van der Waals surface area contributed by atoms with Gasteiger partial charge in [0, 0.05) is 12.9 Å². The Hall–Kier alpha value is 0.190. The molecule has 0 aliphatic carbocycles. The zero-order valence-corrected chi connectivity index (χ0v) is 7.53. The van der Waals surface area contributed by atoms with Crippen LogP contribution in [0.3, 0.4) is 0 Å². The van der Waals surface area contributed by atoms with Gasteiger partial charge in [0.2, 0.25) is 0 Å². The molecule has 12 heavy (non-hydrogen) atoms. The smallest absolute Gasteiger partial charge is 0.184 e. The van der Waals surface area contributed by atoms with Crippen LogP contribution < -0.4 is 0 Å². The maximum absolute atomic E-state index is 9.59. The maximum atomic E-state index is 9.59. The van der Waals surface area contributed by atoms with Crippen molar-refractivity contribution < 1.29 is 19.7 Å². The molecule has 0 aromatic heterocycles. The summed E-state index contributed by atoms with van der Waals surface area (Å²) in [4.78, 5) is 0. The van der Waals surface area contributed by atoms with E-state index in [9.17, 15) is 10.2 Å². The fraction of sp³-hybridized carbons (Fsp3) is 1.00. The molecule has 2 aliphatic rings. The zero-order valence-electron chi connectivity index (χ0n) is 6.71. The summed E-state index contributed by atoms with van der Waals surface area (Å²) in [6.45, 7) is 0. The Morgan fingerprint density at radius 2 is 2.17 bits per heavy atom. The van der Waals surface area contributed by atoms with Crippen LogP contribution in [0.4, 0.5) is 0 Å². The first-order chi connectivity index (χ1) is 5.74. The van der Waals surface area contributed by atoms with Crippen molar-refractivity contribution in [1.29, 1.82) is 0 Å². The van der Waals surface area contributed by atoms with Crippen LogP contribution in [-0.4, -0.2) is 52.9 Å². The summed E-state index contributed by atoms with van der Waals surface area (Å²) < 4.78 is 10.2. The number of hydrogen-bond donors (Lipinski definition) is 2. The molecule has 2 rings (SSSR count). The molecule has 4 nitrogen and oxygen atoms in total. The highest BCUT2D eigenvalue weighted by atomic mass is 32.2. The number of aliphatic hydroxyl groups is 2. The second-order valence-corrected chi connectivity index (χ2v) is 4.27. The van der Waals surface area contributed by atoms with Crippen LogP contribution in [0.1, 0.15) is 0 Å². The van der Waals surface area contributed by atoms with E-state index in [4.69, 9.17) is 9.47 Å². The molecule has 0 saturated carbocycles. The summed E-state index contributed by atoms with van der Waals surface area (Å²) in [5, 5.41) is 19.0. The molecule has 2 heterocycles. The minimum Gasteiger partial charge on any atom is -0.389 e. The minimum absolute atomic E-state index is 0.145. The van der Waals surface area contributed by atoms with E-state index in [1.165, 1.54) is 7.11 Å². The second-order valence-electron chi connectivity index (χ2n) is 3.06. The van der Waals surface area contributed by atoms with Crippen LogP contribution in [0.2, 0.25) is 0 Å². The van der Waals surface area contributed by atoms with Gasteiger partial charge in [-0.25, -0.2) is 0 Å². The number of methoxy groups -OCH3 is 1. The number of aliphatic hydroxyl groups excluding tert-OH is 2. The number of thioether (sulfide) groups is 1. The van der Waals surface area contributed by atoms with Gasteiger partial charge >= 0.3 is 0 Å². The Morgan fingerprint density at radius 3 is 2.83 bits per heavy atom. The van der Waals surface area contributed by atoms with Crippen molar-refractivity contribution in [3.63, 3.8) is 0 Å². The van der Waals surface area contributed by atoms with Gasteiger partial charge in [0.15, 0.2) is 6.29 Å². The van der Waals surface area contributed by atoms with Gasteiger partial charge in [-0.1, -0.05) is 0 Å². The summed E-state index contributed by atoms with van der Waals surface area (Å²) in [6.07, 6.45) is -2.00. The van der Waals surface area contributed by atoms with E-state index in [2.05, 4.69) is 0 Å². The molecule has 5 atom stereocenters. The van der Waals surface area contributed by atoms with Gasteiger partial charge in [-0.05, 0) is 0 Å². The molecule has 0 spiro atoms. The lowest BCUT2D eigenvalue weighted by molar-refractivity contribution is -0.242. The maximum Gasteiger partial charge on any atom is 0.184 e. The predicted molar refractivity (Wildman–Crippen MR) is 43.9 cm³/mol. The van der Waals surface area contributed by atoms with Crippen molar-refractivity contribution in [2.24, 2.45) is 0 Å². The number of rotatable bonds is 1. The lowest BCUT2D eigenvalue weighted by Gasteiger charge is -2.34. The summed E-state index contributed by atoms with van der Waals surface area (Å²) in [5.41, 5.74) is 0. The van der Waals surface area contributed by atoms with E-state index in [-0.39, 0.29) is 11.4 Å². The fourth-order valence-corrected chi connectivity index (χ4v) is 3.02. The molecule has 2 aliphatic heterocycles. The molecule has 5 heteroatoms. The molecule has 0 amide bonds. The minimum atomic E-state index is -0.714. The third-order valence-corrected chi connectivity index (χ3v) is 3.79. The standard InChI is InChI=1S/C7H12O4S/c1-10-7-5(9)6-4(8)3(11-7)2-12-6/h3-9H,2H2,1H3. The van der Waals surface area contributed by atoms with E-state index >= 15 is 0 Å². The average molecular weight is 192 g/mol. The first-order valence-electron chi connectivity index (χ1n) is 3.90. The Kier molecular flexibility index (Phi) is 2.31. The molecular weight excluding hydrogens is 180 g/mol. The summed E-state index contributed by atoms with van der Waals surface area (Å²) in [7, 11) is 1.50. The quantitative estimate of drug-likeness (QED) is 0.569. The predicted octanol–water partition coefficient (Wildman–Crippen LogP) is -0.805. The lowest BCUT2D eigenvalue weighted by Crippen LogP contribution is -2.52. The molecule has 0 aromatic rings. The molecule has 2 N–H and O–H groups in total. The van der Waals surface area contributed by atoms with Crippen LogP contribution in [0, 0.1) is 0 Å². The van der Waals surface area contributed by atoms with Crippen LogP contribution in [0.5, 0.6) is 0 Å². The SMILES string of the molecule is COC1OC2CSC(C2O)C1O. The first kappa shape index (κ1) is 8.77. The molecule has 2 bridgehead atoms. The summed E-state index contributed by atoms with van der Waals surface area (Å²) in [5.74, 6) is 0.739. The number of ether oxygens (including phenoxy) is 2. The Bertz CT molecular complexity index is 177. The molecule has 5 unspecified atom stereocenters. The third kappa shape index (κ3) is 1.16. The fourth-order valence-electron chi connectivity index (χ4n) is 1.64. The van der Waals surface area contributed by atoms with Gasteiger partial charge in [0.25, 0.3) is 0 Å². The van der Waals surface area contributed by atoms with Crippen molar-refractivity contribution in [1.82, 2.24) is 0 Å². The van der Waals surface area contributed by atoms with Crippen molar-refractivity contribution in [3.8, 4) is 0 Å². The molecule has 0 aromatic carbocycles. The lowest BCUT2D eigenvalue weighted by atomic mass is 10.0. The Labute approximate surface area is 74.9 Å². The van der Waals surface area contributed by atoms with E-state index in [1.807, 2.05) is 0 Å². The van der Waals surface area contributed by atoms with Crippen LogP contribution in [0.25, 0.3) is 0 Å². The molecule has 2 saturated heterocycles. The summed E-state index contributed by atoms with van der Waals surface area (Å²) in [6, 6.07) is 0. The Morgan fingerprint density at radius 1 is 1.42 bits per heavy atom. The normalized spacial score (nSPS) is 52.8. The van der Waals surface area contributed by atoms with Crippen molar-refractivity contribution in [3.05, 3.63) is 0 Å². The summed E-state index contributed by atoms with van der Waals surface area (Å²) >= 11 is 1.54. The van der Waals surface area contributed by atoms with Crippen LogP contribution in [0.15, 0.2) is 0 Å². The molecule has 2 fully saturated rings. The molecule has 0 radical (unpaired) electrons. The van der Waals surface area contributed by atoms with Gasteiger partial charge in [-0.15, -0.1) is 0 Å². The van der Waals surface area contributed by atoms with Gasteiger partial charge in [-0.3, -0.25) is 0 Å². The Balaban J connectivity index is 2.12. The largest absolute Gasteiger partial charge is 0.389 e. The van der Waals surface area contributed by atoms with Crippen LogP contribution >= 0.6 is 11.8 Å². The topological polar surface area (TPSA) is 58.9 Å². The molecule has 70 valence electrons. The van der Waals surface area contributed by atoms with Crippen molar-refractivity contribution >= 4 is 11.8 Å². The number of hydrogen-bond acceptors (Lipinski definition) is 5. The third-order valence-electron chi connectivity index (χ3n) is 2.33. The number of fused-ring (bicyclic) bond motifs is 2. The van der Waals surface area contributed by atoms with Crippen molar-refractivity contribution in [2.75, 3.05) is 12.9 Å². The highest BCUT2D eigenvalue weighted by Crippen LogP contribution is 2.38. The van der Waals surface area contributed by atoms with Crippen molar-refractivity contribution in [2.45, 2.75) is 29.9 Å². The molecular formula is C7H12O4S. The van der Waals surface area contributed by atoms with Gasteiger partial charge in [0.05, 0.1) is 17.5 Å². The highest BCUT2D eigenvalue weighted by molar-refractivity contribution is 8.00. The van der Waals surface area contributed by atoms with Gasteiger partial charge in [-0.2, -0.15) is 11.8 Å².